The summed E-state index contributed by atoms with van der Waals surface area (Å²) >= 11 is 0. The SMILES string of the molecule is CCCOc1ccc(CNC(CC)C(=O)O)cc1OCC. The molecule has 1 unspecified atom stereocenters. The summed E-state index contributed by atoms with van der Waals surface area (Å²) < 4.78 is 11.2. The molecule has 21 heavy (non-hydrogen) atoms. The Kier molecular flexibility index (Phi) is 7.61. The van der Waals surface area contributed by atoms with Gasteiger partial charge in [-0.15, -0.1) is 0 Å². The van der Waals surface area contributed by atoms with Crippen molar-refractivity contribution in [3.05, 3.63) is 23.8 Å². The Morgan fingerprint density at radius 3 is 2.57 bits per heavy atom. The van der Waals surface area contributed by atoms with Gasteiger partial charge in [0.1, 0.15) is 6.04 Å². The van der Waals surface area contributed by atoms with Crippen molar-refractivity contribution in [2.75, 3.05) is 13.2 Å². The van der Waals surface area contributed by atoms with Crippen molar-refractivity contribution in [1.29, 1.82) is 0 Å². The van der Waals surface area contributed by atoms with Crippen LogP contribution < -0.4 is 14.8 Å². The summed E-state index contributed by atoms with van der Waals surface area (Å²) in [6.45, 7) is 7.51. The summed E-state index contributed by atoms with van der Waals surface area (Å²) in [5, 5.41) is 12.0. The average molecular weight is 295 g/mol. The van der Waals surface area contributed by atoms with E-state index in [4.69, 9.17) is 14.6 Å². The first-order valence-electron chi connectivity index (χ1n) is 7.47. The molecular weight excluding hydrogens is 270 g/mol. The second-order valence-electron chi connectivity index (χ2n) is 4.74. The lowest BCUT2D eigenvalue weighted by molar-refractivity contribution is -0.139. The van der Waals surface area contributed by atoms with Gasteiger partial charge in [-0.3, -0.25) is 4.79 Å². The van der Waals surface area contributed by atoms with Crippen molar-refractivity contribution in [2.24, 2.45) is 0 Å². The predicted octanol–water partition coefficient (Wildman–Crippen LogP) is 2.83. The van der Waals surface area contributed by atoms with E-state index in [1.807, 2.05) is 32.0 Å². The molecule has 0 aliphatic heterocycles. The molecular formula is C16H25NO4. The smallest absolute Gasteiger partial charge is 0.320 e. The number of benzene rings is 1. The van der Waals surface area contributed by atoms with Crippen LogP contribution in [-0.4, -0.2) is 30.3 Å². The molecule has 0 heterocycles. The third-order valence-electron chi connectivity index (χ3n) is 3.03. The van der Waals surface area contributed by atoms with E-state index in [1.54, 1.807) is 0 Å². The molecule has 1 atom stereocenters. The van der Waals surface area contributed by atoms with E-state index in [9.17, 15) is 4.79 Å². The minimum atomic E-state index is -0.828. The molecule has 0 saturated carbocycles. The van der Waals surface area contributed by atoms with Crippen LogP contribution in [0.2, 0.25) is 0 Å². The molecule has 118 valence electrons. The number of aliphatic carboxylic acids is 1. The van der Waals surface area contributed by atoms with E-state index in [0.29, 0.717) is 31.9 Å². The average Bonchev–Trinajstić information content (AvgIpc) is 2.47. The highest BCUT2D eigenvalue weighted by atomic mass is 16.5. The monoisotopic (exact) mass is 295 g/mol. The molecule has 1 aromatic carbocycles. The highest BCUT2D eigenvalue weighted by Crippen LogP contribution is 2.28. The molecule has 0 amide bonds. The van der Waals surface area contributed by atoms with E-state index < -0.39 is 12.0 Å². The molecule has 0 aromatic heterocycles. The van der Waals surface area contributed by atoms with Gasteiger partial charge in [-0.25, -0.2) is 0 Å². The van der Waals surface area contributed by atoms with Crippen LogP contribution >= 0.6 is 0 Å². The molecule has 1 rings (SSSR count). The standard InChI is InChI=1S/C16H25NO4/c1-4-9-21-14-8-7-12(10-15(14)20-6-3)11-17-13(5-2)16(18)19/h7-8,10,13,17H,4-6,9,11H2,1-3H3,(H,18,19). The van der Waals surface area contributed by atoms with Crippen LogP contribution in [0.3, 0.4) is 0 Å². The number of hydrogen-bond donors (Lipinski definition) is 2. The summed E-state index contributed by atoms with van der Waals surface area (Å²) in [4.78, 5) is 11.0. The number of rotatable bonds is 10. The van der Waals surface area contributed by atoms with Gasteiger partial charge in [0.05, 0.1) is 13.2 Å². The van der Waals surface area contributed by atoms with E-state index in [0.717, 1.165) is 17.7 Å². The third-order valence-corrected chi connectivity index (χ3v) is 3.03. The van der Waals surface area contributed by atoms with Crippen LogP contribution in [0.1, 0.15) is 39.2 Å². The summed E-state index contributed by atoms with van der Waals surface area (Å²) in [7, 11) is 0. The highest BCUT2D eigenvalue weighted by Gasteiger charge is 2.14. The molecule has 5 heteroatoms. The normalized spacial score (nSPS) is 12.0. The van der Waals surface area contributed by atoms with Gasteiger partial charge >= 0.3 is 5.97 Å². The Balaban J connectivity index is 2.75. The number of hydrogen-bond acceptors (Lipinski definition) is 4. The first-order valence-corrected chi connectivity index (χ1v) is 7.47. The van der Waals surface area contributed by atoms with Gasteiger partial charge < -0.3 is 19.9 Å². The molecule has 0 aliphatic carbocycles. The van der Waals surface area contributed by atoms with Gasteiger partial charge in [0.2, 0.25) is 0 Å². The lowest BCUT2D eigenvalue weighted by Crippen LogP contribution is -2.35. The summed E-state index contributed by atoms with van der Waals surface area (Å²) in [5.41, 5.74) is 0.974. The van der Waals surface area contributed by atoms with Gasteiger partial charge in [0.15, 0.2) is 11.5 Å². The van der Waals surface area contributed by atoms with Gasteiger partial charge in [-0.05, 0) is 37.5 Å². The second kappa shape index (κ2) is 9.23. The number of nitrogens with one attached hydrogen (secondary N) is 1. The predicted molar refractivity (Wildman–Crippen MR) is 82.0 cm³/mol. The first kappa shape index (κ1) is 17.3. The first-order chi connectivity index (χ1) is 10.1. The lowest BCUT2D eigenvalue weighted by Gasteiger charge is -2.15. The van der Waals surface area contributed by atoms with Crippen molar-refractivity contribution in [3.8, 4) is 11.5 Å². The fourth-order valence-electron chi connectivity index (χ4n) is 1.91. The van der Waals surface area contributed by atoms with E-state index >= 15 is 0 Å². The van der Waals surface area contributed by atoms with Crippen molar-refractivity contribution in [2.45, 2.75) is 46.2 Å². The van der Waals surface area contributed by atoms with Gasteiger partial charge in [-0.2, -0.15) is 0 Å². The van der Waals surface area contributed by atoms with Gasteiger partial charge in [-0.1, -0.05) is 19.9 Å². The van der Waals surface area contributed by atoms with E-state index in [1.165, 1.54) is 0 Å². The Hall–Kier alpha value is -1.75. The fourth-order valence-corrected chi connectivity index (χ4v) is 1.91. The topological polar surface area (TPSA) is 67.8 Å². The van der Waals surface area contributed by atoms with Crippen LogP contribution in [0.25, 0.3) is 0 Å². The zero-order valence-corrected chi connectivity index (χ0v) is 13.0. The van der Waals surface area contributed by atoms with Gasteiger partial charge in [0.25, 0.3) is 0 Å². The molecule has 0 bridgehead atoms. The molecule has 2 N–H and O–H groups in total. The van der Waals surface area contributed by atoms with Crippen molar-refractivity contribution < 1.29 is 19.4 Å². The molecule has 1 aromatic rings. The maximum Gasteiger partial charge on any atom is 0.320 e. The number of ether oxygens (including phenoxy) is 2. The molecule has 0 fully saturated rings. The number of carboxylic acid groups (broad SMARTS) is 1. The zero-order valence-electron chi connectivity index (χ0n) is 13.0. The summed E-state index contributed by atoms with van der Waals surface area (Å²) in [6.07, 6.45) is 1.48. The van der Waals surface area contributed by atoms with Crippen LogP contribution in [0.4, 0.5) is 0 Å². The maximum atomic E-state index is 11.0. The fraction of sp³-hybridized carbons (Fsp3) is 0.562. The second-order valence-corrected chi connectivity index (χ2v) is 4.74. The molecule has 0 saturated heterocycles. The minimum Gasteiger partial charge on any atom is -0.490 e. The Morgan fingerprint density at radius 2 is 2.00 bits per heavy atom. The van der Waals surface area contributed by atoms with E-state index in [-0.39, 0.29) is 0 Å². The molecule has 5 nitrogen and oxygen atoms in total. The summed E-state index contributed by atoms with van der Waals surface area (Å²) in [5.74, 6) is 0.604. The third kappa shape index (κ3) is 5.63. The van der Waals surface area contributed by atoms with Crippen LogP contribution in [0, 0.1) is 0 Å². The minimum absolute atomic E-state index is 0.485. The van der Waals surface area contributed by atoms with Crippen LogP contribution in [0.15, 0.2) is 18.2 Å². The Bertz CT molecular complexity index is 448. The Morgan fingerprint density at radius 1 is 1.24 bits per heavy atom. The number of carbonyl (C=O) groups is 1. The van der Waals surface area contributed by atoms with Crippen LogP contribution in [-0.2, 0) is 11.3 Å². The van der Waals surface area contributed by atoms with E-state index in [2.05, 4.69) is 12.2 Å². The summed E-state index contributed by atoms with van der Waals surface area (Å²) in [6, 6.07) is 5.17. The van der Waals surface area contributed by atoms with Crippen molar-refractivity contribution >= 4 is 5.97 Å². The van der Waals surface area contributed by atoms with Gasteiger partial charge in [0, 0.05) is 6.54 Å². The molecule has 0 aliphatic rings. The van der Waals surface area contributed by atoms with Crippen molar-refractivity contribution in [3.63, 3.8) is 0 Å². The molecule has 0 spiro atoms. The van der Waals surface area contributed by atoms with Crippen LogP contribution in [0.5, 0.6) is 11.5 Å². The van der Waals surface area contributed by atoms with Crippen molar-refractivity contribution in [1.82, 2.24) is 5.32 Å². The zero-order chi connectivity index (χ0) is 15.7. The largest absolute Gasteiger partial charge is 0.490 e. The number of carboxylic acids is 1. The maximum absolute atomic E-state index is 11.0. The quantitative estimate of drug-likeness (QED) is 0.694. The lowest BCUT2D eigenvalue weighted by atomic mass is 10.1. The Labute approximate surface area is 126 Å². The highest BCUT2D eigenvalue weighted by molar-refractivity contribution is 5.73. The molecule has 0 radical (unpaired) electrons.